The molecule has 0 saturated carbocycles. The second-order valence-corrected chi connectivity index (χ2v) is 5.25. The van der Waals surface area contributed by atoms with Gasteiger partial charge in [-0.15, -0.1) is 11.3 Å². The summed E-state index contributed by atoms with van der Waals surface area (Å²) in [6, 6.07) is 10.0. The molecule has 0 aliphatic carbocycles. The van der Waals surface area contributed by atoms with Gasteiger partial charge in [-0.1, -0.05) is 17.7 Å². The van der Waals surface area contributed by atoms with E-state index in [9.17, 15) is 0 Å². The molecule has 2 nitrogen and oxygen atoms in total. The molecule has 0 fully saturated rings. The molecule has 0 radical (unpaired) electrons. The van der Waals surface area contributed by atoms with E-state index < -0.39 is 0 Å². The summed E-state index contributed by atoms with van der Waals surface area (Å²) >= 11 is 7.59. The molecule has 4 heteroatoms. The van der Waals surface area contributed by atoms with Crippen LogP contribution in [0, 0.1) is 0 Å². The Labute approximate surface area is 104 Å². The van der Waals surface area contributed by atoms with E-state index in [4.69, 9.17) is 11.6 Å². The Morgan fingerprint density at radius 3 is 2.81 bits per heavy atom. The molecule has 1 N–H and O–H groups in total. The molecular formula is C12H13ClN2S. The molecular weight excluding hydrogens is 240 g/mol. The maximum atomic E-state index is 5.97. The number of aromatic nitrogens is 1. The summed E-state index contributed by atoms with van der Waals surface area (Å²) in [5.74, 6) is 0.281. The van der Waals surface area contributed by atoms with Crippen molar-refractivity contribution in [2.45, 2.75) is 5.92 Å². The van der Waals surface area contributed by atoms with Gasteiger partial charge in [-0.2, -0.15) is 0 Å². The van der Waals surface area contributed by atoms with E-state index >= 15 is 0 Å². The Morgan fingerprint density at radius 1 is 1.38 bits per heavy atom. The lowest BCUT2D eigenvalue weighted by Gasteiger charge is -2.13. The predicted octanol–water partition coefficient (Wildman–Crippen LogP) is 3.15. The van der Waals surface area contributed by atoms with Crippen molar-refractivity contribution in [3.05, 3.63) is 51.4 Å². The van der Waals surface area contributed by atoms with E-state index in [1.165, 1.54) is 4.88 Å². The third-order valence-electron chi connectivity index (χ3n) is 2.39. The normalized spacial score (nSPS) is 12.6. The first kappa shape index (κ1) is 11.6. The summed E-state index contributed by atoms with van der Waals surface area (Å²) in [5.41, 5.74) is 1.08. The van der Waals surface area contributed by atoms with Crippen LogP contribution in [0.4, 0.5) is 0 Å². The number of rotatable bonds is 4. The van der Waals surface area contributed by atoms with Gasteiger partial charge in [0.2, 0.25) is 0 Å². The van der Waals surface area contributed by atoms with E-state index in [1.54, 1.807) is 11.3 Å². The van der Waals surface area contributed by atoms with Crippen LogP contribution in [0.1, 0.15) is 16.5 Å². The molecule has 2 heterocycles. The third-order valence-corrected chi connectivity index (χ3v) is 3.74. The van der Waals surface area contributed by atoms with Crippen molar-refractivity contribution in [2.75, 3.05) is 13.6 Å². The van der Waals surface area contributed by atoms with E-state index in [-0.39, 0.29) is 5.92 Å². The van der Waals surface area contributed by atoms with Crippen molar-refractivity contribution >= 4 is 22.9 Å². The van der Waals surface area contributed by atoms with Crippen molar-refractivity contribution in [3.8, 4) is 0 Å². The zero-order valence-corrected chi connectivity index (χ0v) is 10.6. The standard InChI is InChI=1S/C12H13ClN2S/c1-14-8-9(10-4-2-3-7-15-10)11-5-6-12(13)16-11/h2-7,9,14H,8H2,1H3. The monoisotopic (exact) mass is 252 g/mol. The second kappa shape index (κ2) is 5.43. The number of nitrogens with zero attached hydrogens (tertiary/aromatic N) is 1. The maximum absolute atomic E-state index is 5.97. The predicted molar refractivity (Wildman–Crippen MR) is 69.3 cm³/mol. The van der Waals surface area contributed by atoms with Crippen LogP contribution >= 0.6 is 22.9 Å². The average molecular weight is 253 g/mol. The number of thiophene rings is 1. The minimum atomic E-state index is 0.281. The van der Waals surface area contributed by atoms with Crippen molar-refractivity contribution in [1.82, 2.24) is 10.3 Å². The van der Waals surface area contributed by atoms with Gasteiger partial charge >= 0.3 is 0 Å². The highest BCUT2D eigenvalue weighted by molar-refractivity contribution is 7.16. The van der Waals surface area contributed by atoms with Crippen LogP contribution in [-0.2, 0) is 0 Å². The highest BCUT2D eigenvalue weighted by Crippen LogP contribution is 2.31. The number of nitrogens with one attached hydrogen (secondary N) is 1. The molecule has 84 valence electrons. The SMILES string of the molecule is CNCC(c1ccccn1)c1ccc(Cl)s1. The lowest BCUT2D eigenvalue weighted by Crippen LogP contribution is -2.18. The Morgan fingerprint density at radius 2 is 2.25 bits per heavy atom. The summed E-state index contributed by atoms with van der Waals surface area (Å²) < 4.78 is 0.826. The van der Waals surface area contributed by atoms with Crippen molar-refractivity contribution < 1.29 is 0 Å². The van der Waals surface area contributed by atoms with Crippen LogP contribution in [0.15, 0.2) is 36.5 Å². The van der Waals surface area contributed by atoms with Crippen molar-refractivity contribution in [3.63, 3.8) is 0 Å². The summed E-state index contributed by atoms with van der Waals surface area (Å²) in [6.45, 7) is 0.869. The zero-order valence-electron chi connectivity index (χ0n) is 8.98. The number of likely N-dealkylation sites (N-methyl/N-ethyl adjacent to an activating group) is 1. The first-order chi connectivity index (χ1) is 7.81. The summed E-state index contributed by atoms with van der Waals surface area (Å²) in [7, 11) is 1.95. The Kier molecular flexibility index (Phi) is 3.93. The smallest absolute Gasteiger partial charge is 0.0931 e. The summed E-state index contributed by atoms with van der Waals surface area (Å²) in [6.07, 6.45) is 1.83. The second-order valence-electron chi connectivity index (χ2n) is 3.51. The van der Waals surface area contributed by atoms with Crippen LogP contribution in [-0.4, -0.2) is 18.6 Å². The zero-order chi connectivity index (χ0) is 11.4. The molecule has 2 aromatic heterocycles. The van der Waals surface area contributed by atoms with Crippen LogP contribution in [0.3, 0.4) is 0 Å². The first-order valence-electron chi connectivity index (χ1n) is 5.12. The fourth-order valence-electron chi connectivity index (χ4n) is 1.65. The highest BCUT2D eigenvalue weighted by Gasteiger charge is 2.16. The maximum Gasteiger partial charge on any atom is 0.0931 e. The van der Waals surface area contributed by atoms with E-state index in [2.05, 4.69) is 22.4 Å². The van der Waals surface area contributed by atoms with Gasteiger partial charge in [0.25, 0.3) is 0 Å². The molecule has 0 saturated heterocycles. The molecule has 2 aromatic rings. The molecule has 0 bridgehead atoms. The highest BCUT2D eigenvalue weighted by atomic mass is 35.5. The van der Waals surface area contributed by atoms with E-state index in [0.29, 0.717) is 0 Å². The molecule has 0 aromatic carbocycles. The van der Waals surface area contributed by atoms with E-state index in [0.717, 1.165) is 16.6 Å². The molecule has 16 heavy (non-hydrogen) atoms. The van der Waals surface area contributed by atoms with Crippen LogP contribution in [0.25, 0.3) is 0 Å². The quantitative estimate of drug-likeness (QED) is 0.904. The fraction of sp³-hybridized carbons (Fsp3) is 0.250. The first-order valence-corrected chi connectivity index (χ1v) is 6.31. The molecule has 1 atom stereocenters. The molecule has 0 aliphatic rings. The van der Waals surface area contributed by atoms with Crippen LogP contribution < -0.4 is 5.32 Å². The van der Waals surface area contributed by atoms with Crippen molar-refractivity contribution in [1.29, 1.82) is 0 Å². The molecule has 0 spiro atoms. The largest absolute Gasteiger partial charge is 0.319 e. The topological polar surface area (TPSA) is 24.9 Å². The fourth-order valence-corrected chi connectivity index (χ4v) is 2.83. The van der Waals surface area contributed by atoms with Gasteiger partial charge < -0.3 is 5.32 Å². The number of hydrogen-bond acceptors (Lipinski definition) is 3. The molecule has 0 amide bonds. The molecule has 0 aliphatic heterocycles. The summed E-state index contributed by atoms with van der Waals surface area (Å²) in [5, 5.41) is 3.20. The van der Waals surface area contributed by atoms with Gasteiger partial charge in [0.1, 0.15) is 0 Å². The third kappa shape index (κ3) is 2.61. The van der Waals surface area contributed by atoms with Gasteiger partial charge in [-0.05, 0) is 31.3 Å². The van der Waals surface area contributed by atoms with Gasteiger partial charge in [0, 0.05) is 29.2 Å². The Bertz CT molecular complexity index is 441. The van der Waals surface area contributed by atoms with Crippen LogP contribution in [0.2, 0.25) is 4.34 Å². The lowest BCUT2D eigenvalue weighted by atomic mass is 10.0. The Hall–Kier alpha value is -0.900. The van der Waals surface area contributed by atoms with Gasteiger partial charge in [0.05, 0.1) is 4.34 Å². The number of halogens is 1. The number of hydrogen-bond donors (Lipinski definition) is 1. The molecule has 1 unspecified atom stereocenters. The summed E-state index contributed by atoms with van der Waals surface area (Å²) in [4.78, 5) is 5.66. The van der Waals surface area contributed by atoms with Gasteiger partial charge in [-0.3, -0.25) is 4.98 Å². The minimum Gasteiger partial charge on any atom is -0.319 e. The van der Waals surface area contributed by atoms with E-state index in [1.807, 2.05) is 31.4 Å². The Balaban J connectivity index is 2.31. The van der Waals surface area contributed by atoms with Crippen LogP contribution in [0.5, 0.6) is 0 Å². The van der Waals surface area contributed by atoms with Crippen molar-refractivity contribution in [2.24, 2.45) is 0 Å². The average Bonchev–Trinajstić information content (AvgIpc) is 2.74. The lowest BCUT2D eigenvalue weighted by molar-refractivity contribution is 0.700. The number of pyridine rings is 1. The molecule has 2 rings (SSSR count). The van der Waals surface area contributed by atoms with Gasteiger partial charge in [0.15, 0.2) is 0 Å². The minimum absolute atomic E-state index is 0.281. The van der Waals surface area contributed by atoms with Gasteiger partial charge in [-0.25, -0.2) is 0 Å².